The van der Waals surface area contributed by atoms with Gasteiger partial charge in [-0.1, -0.05) is 15.9 Å². The molecule has 1 heterocycles. The van der Waals surface area contributed by atoms with Crippen LogP contribution in [-0.2, 0) is 4.74 Å². The summed E-state index contributed by atoms with van der Waals surface area (Å²) in [5.41, 5.74) is 0. The van der Waals surface area contributed by atoms with Crippen molar-refractivity contribution in [3.8, 4) is 0 Å². The molecule has 0 amide bonds. The Balaban J connectivity index is 2.63. The summed E-state index contributed by atoms with van der Waals surface area (Å²) in [6.45, 7) is -0.521. The van der Waals surface area contributed by atoms with Crippen LogP contribution in [0.2, 0.25) is 0 Å². The minimum Gasteiger partial charge on any atom is -0.394 e. The number of hydrogen-bond acceptors (Lipinski definition) is 4. The van der Waals surface area contributed by atoms with Crippen LogP contribution in [0.5, 0.6) is 0 Å². The molecule has 0 aromatic carbocycles. The highest BCUT2D eigenvalue weighted by Gasteiger charge is 2.43. The summed E-state index contributed by atoms with van der Waals surface area (Å²) in [6.07, 6.45) is -5.64. The van der Waals surface area contributed by atoms with Gasteiger partial charge in [0, 0.05) is 0 Å². The number of ether oxygens (including phenoxy) is 1. The molecular formula is C6H10BrFO4. The third-order valence-corrected chi connectivity index (χ3v) is 2.54. The van der Waals surface area contributed by atoms with Gasteiger partial charge in [0.25, 0.3) is 0 Å². The van der Waals surface area contributed by atoms with Gasteiger partial charge in [0.1, 0.15) is 23.3 Å². The predicted octanol–water partition coefficient (Wildman–Crippen LogP) is -0.842. The smallest absolute Gasteiger partial charge is 0.157 e. The van der Waals surface area contributed by atoms with Crippen LogP contribution in [0.25, 0.3) is 0 Å². The Labute approximate surface area is 77.1 Å². The van der Waals surface area contributed by atoms with Crippen LogP contribution in [0, 0.1) is 0 Å². The lowest BCUT2D eigenvalue weighted by Crippen LogP contribution is -2.54. The molecule has 0 bridgehead atoms. The summed E-state index contributed by atoms with van der Waals surface area (Å²) < 4.78 is 17.8. The molecular weight excluding hydrogens is 235 g/mol. The molecule has 1 saturated heterocycles. The molecule has 0 aromatic heterocycles. The summed E-state index contributed by atoms with van der Waals surface area (Å²) in [5, 5.41) is 25.9. The van der Waals surface area contributed by atoms with E-state index in [0.717, 1.165) is 0 Å². The van der Waals surface area contributed by atoms with Crippen LogP contribution in [0.15, 0.2) is 0 Å². The SMILES string of the molecule is OCC1OC(Br)C(O)C(O)C1F. The molecule has 1 rings (SSSR count). The minimum absolute atomic E-state index is 0.521. The first-order valence-corrected chi connectivity index (χ1v) is 4.40. The molecule has 12 heavy (non-hydrogen) atoms. The van der Waals surface area contributed by atoms with E-state index in [1.807, 2.05) is 0 Å². The topological polar surface area (TPSA) is 69.9 Å². The summed E-state index contributed by atoms with van der Waals surface area (Å²) >= 11 is 2.89. The standard InChI is InChI=1S/C6H10BrFO4/c7-6-5(11)4(10)3(8)2(1-9)12-6/h2-6,9-11H,1H2. The fourth-order valence-electron chi connectivity index (χ4n) is 1.03. The Kier molecular flexibility index (Phi) is 3.42. The van der Waals surface area contributed by atoms with E-state index < -0.39 is 36.1 Å². The quantitative estimate of drug-likeness (QED) is 0.527. The summed E-state index contributed by atoms with van der Waals surface area (Å²) in [4.78, 5) is 0. The zero-order valence-corrected chi connectivity index (χ0v) is 7.69. The van der Waals surface area contributed by atoms with E-state index >= 15 is 0 Å². The summed E-state index contributed by atoms with van der Waals surface area (Å²) in [6, 6.07) is 0. The van der Waals surface area contributed by atoms with Crippen molar-refractivity contribution >= 4 is 15.9 Å². The summed E-state index contributed by atoms with van der Waals surface area (Å²) in [7, 11) is 0. The predicted molar refractivity (Wildman–Crippen MR) is 41.6 cm³/mol. The number of hydrogen-bond donors (Lipinski definition) is 3. The van der Waals surface area contributed by atoms with Crippen LogP contribution in [0.3, 0.4) is 0 Å². The molecule has 0 saturated carbocycles. The zero-order chi connectivity index (χ0) is 9.30. The first-order valence-electron chi connectivity index (χ1n) is 3.48. The van der Waals surface area contributed by atoms with Gasteiger partial charge in [-0.25, -0.2) is 4.39 Å². The van der Waals surface area contributed by atoms with E-state index in [0.29, 0.717) is 0 Å². The largest absolute Gasteiger partial charge is 0.394 e. The van der Waals surface area contributed by atoms with Gasteiger partial charge in [-0.3, -0.25) is 0 Å². The molecule has 1 aliphatic heterocycles. The van der Waals surface area contributed by atoms with Crippen molar-refractivity contribution in [2.75, 3.05) is 6.61 Å². The van der Waals surface area contributed by atoms with Crippen molar-refractivity contribution in [2.45, 2.75) is 29.5 Å². The lowest BCUT2D eigenvalue weighted by atomic mass is 10.0. The maximum atomic E-state index is 12.9. The molecule has 4 nitrogen and oxygen atoms in total. The van der Waals surface area contributed by atoms with Gasteiger partial charge in [0.05, 0.1) is 6.61 Å². The monoisotopic (exact) mass is 244 g/mol. The van der Waals surface area contributed by atoms with Gasteiger partial charge < -0.3 is 20.1 Å². The number of halogens is 2. The van der Waals surface area contributed by atoms with Gasteiger partial charge in [-0.2, -0.15) is 0 Å². The van der Waals surface area contributed by atoms with Crippen molar-refractivity contribution in [3.63, 3.8) is 0 Å². The average Bonchev–Trinajstić information content (AvgIpc) is 2.08. The first-order chi connectivity index (χ1) is 5.57. The molecule has 3 N–H and O–H groups in total. The second kappa shape index (κ2) is 3.97. The van der Waals surface area contributed by atoms with E-state index in [-0.39, 0.29) is 0 Å². The molecule has 0 aliphatic carbocycles. The van der Waals surface area contributed by atoms with Crippen LogP contribution < -0.4 is 0 Å². The number of aliphatic hydroxyl groups is 3. The molecule has 0 radical (unpaired) electrons. The van der Waals surface area contributed by atoms with Crippen LogP contribution >= 0.6 is 15.9 Å². The number of rotatable bonds is 1. The van der Waals surface area contributed by atoms with E-state index in [2.05, 4.69) is 15.9 Å². The molecule has 0 aromatic rings. The van der Waals surface area contributed by atoms with Crippen LogP contribution in [-0.4, -0.2) is 51.4 Å². The molecule has 1 fully saturated rings. The molecule has 0 spiro atoms. The van der Waals surface area contributed by atoms with Gasteiger partial charge in [-0.05, 0) is 0 Å². The number of aliphatic hydroxyl groups excluding tert-OH is 3. The Hall–Kier alpha value is 0.250. The van der Waals surface area contributed by atoms with Gasteiger partial charge in [0.2, 0.25) is 0 Å². The average molecular weight is 245 g/mol. The molecule has 72 valence electrons. The Morgan fingerprint density at radius 2 is 1.92 bits per heavy atom. The van der Waals surface area contributed by atoms with E-state index in [1.54, 1.807) is 0 Å². The van der Waals surface area contributed by atoms with Gasteiger partial charge in [-0.15, -0.1) is 0 Å². The summed E-state index contributed by atoms with van der Waals surface area (Å²) in [5.74, 6) is 0. The van der Waals surface area contributed by atoms with E-state index in [9.17, 15) is 4.39 Å². The van der Waals surface area contributed by atoms with E-state index in [1.165, 1.54) is 0 Å². The third-order valence-electron chi connectivity index (χ3n) is 1.78. The molecule has 5 atom stereocenters. The molecule has 1 aliphatic rings. The zero-order valence-electron chi connectivity index (χ0n) is 6.10. The second-order valence-corrected chi connectivity index (χ2v) is 3.54. The van der Waals surface area contributed by atoms with Crippen molar-refractivity contribution in [1.82, 2.24) is 0 Å². The first kappa shape index (κ1) is 10.3. The third kappa shape index (κ3) is 1.77. The van der Waals surface area contributed by atoms with E-state index in [4.69, 9.17) is 20.1 Å². The Morgan fingerprint density at radius 3 is 2.42 bits per heavy atom. The van der Waals surface area contributed by atoms with Gasteiger partial charge >= 0.3 is 0 Å². The normalized spacial score (nSPS) is 49.2. The van der Waals surface area contributed by atoms with Crippen molar-refractivity contribution in [3.05, 3.63) is 0 Å². The highest BCUT2D eigenvalue weighted by Crippen LogP contribution is 2.26. The van der Waals surface area contributed by atoms with Crippen molar-refractivity contribution in [1.29, 1.82) is 0 Å². The lowest BCUT2D eigenvalue weighted by Gasteiger charge is -2.36. The molecule has 6 heteroatoms. The Bertz CT molecular complexity index is 154. The maximum Gasteiger partial charge on any atom is 0.157 e. The minimum atomic E-state index is -1.75. The van der Waals surface area contributed by atoms with Crippen molar-refractivity contribution in [2.24, 2.45) is 0 Å². The van der Waals surface area contributed by atoms with Crippen LogP contribution in [0.4, 0.5) is 4.39 Å². The van der Waals surface area contributed by atoms with Gasteiger partial charge in [0.15, 0.2) is 6.17 Å². The maximum absolute atomic E-state index is 12.9. The lowest BCUT2D eigenvalue weighted by molar-refractivity contribution is -0.183. The molecule has 5 unspecified atom stereocenters. The fourth-order valence-corrected chi connectivity index (χ4v) is 1.62. The second-order valence-electron chi connectivity index (χ2n) is 2.63. The van der Waals surface area contributed by atoms with Crippen molar-refractivity contribution < 1.29 is 24.4 Å². The fraction of sp³-hybridized carbons (Fsp3) is 1.00. The highest BCUT2D eigenvalue weighted by atomic mass is 79.9. The van der Waals surface area contributed by atoms with Crippen LogP contribution in [0.1, 0.15) is 0 Å². The highest BCUT2D eigenvalue weighted by molar-refractivity contribution is 9.09. The number of alkyl halides is 2. The Morgan fingerprint density at radius 1 is 1.33 bits per heavy atom.